The Balaban J connectivity index is 2.69. The second kappa shape index (κ2) is 5.73. The lowest BCUT2D eigenvalue weighted by molar-refractivity contribution is -0.121. The van der Waals surface area contributed by atoms with Gasteiger partial charge in [-0.1, -0.05) is 0 Å². The predicted molar refractivity (Wildman–Crippen MR) is 73.6 cm³/mol. The van der Waals surface area contributed by atoms with Crippen LogP contribution in [0.4, 0.5) is 0 Å². The second-order valence-corrected chi connectivity index (χ2v) is 7.14. The lowest BCUT2D eigenvalue weighted by Crippen LogP contribution is -2.28. The molecule has 19 heavy (non-hydrogen) atoms. The summed E-state index contributed by atoms with van der Waals surface area (Å²) in [6.07, 6.45) is 1.11. The van der Waals surface area contributed by atoms with Crippen LogP contribution >= 0.6 is 0 Å². The lowest BCUT2D eigenvalue weighted by atomic mass is 10.1. The van der Waals surface area contributed by atoms with Crippen molar-refractivity contribution in [3.8, 4) is 0 Å². The zero-order valence-electron chi connectivity index (χ0n) is 12.0. The Morgan fingerprint density at radius 2 is 2.00 bits per heavy atom. The SMILES string of the molecule is Cc1nn(C)c(C)c1C(C)NC(=O)CCS(C)(=O)=O. The highest BCUT2D eigenvalue weighted by molar-refractivity contribution is 7.90. The third kappa shape index (κ3) is 4.34. The number of hydrogen-bond donors (Lipinski definition) is 1. The summed E-state index contributed by atoms with van der Waals surface area (Å²) in [6, 6.07) is -0.180. The molecule has 7 heteroatoms. The van der Waals surface area contributed by atoms with E-state index in [-0.39, 0.29) is 24.1 Å². The van der Waals surface area contributed by atoms with Crippen LogP contribution in [0.15, 0.2) is 0 Å². The molecule has 0 aliphatic rings. The van der Waals surface area contributed by atoms with Gasteiger partial charge >= 0.3 is 0 Å². The summed E-state index contributed by atoms with van der Waals surface area (Å²) in [5.41, 5.74) is 2.85. The van der Waals surface area contributed by atoms with Crippen LogP contribution in [0.5, 0.6) is 0 Å². The van der Waals surface area contributed by atoms with E-state index in [4.69, 9.17) is 0 Å². The first-order valence-corrected chi connectivity index (χ1v) is 8.15. The fraction of sp³-hybridized carbons (Fsp3) is 0.667. The maximum atomic E-state index is 11.7. The van der Waals surface area contributed by atoms with E-state index in [9.17, 15) is 13.2 Å². The van der Waals surface area contributed by atoms with Crippen molar-refractivity contribution < 1.29 is 13.2 Å². The summed E-state index contributed by atoms with van der Waals surface area (Å²) in [6.45, 7) is 5.70. The van der Waals surface area contributed by atoms with Crippen LogP contribution < -0.4 is 5.32 Å². The Kier molecular flexibility index (Phi) is 4.73. The summed E-state index contributed by atoms with van der Waals surface area (Å²) in [5, 5.41) is 7.10. The Bertz CT molecular complexity index is 575. The molecule has 1 unspecified atom stereocenters. The van der Waals surface area contributed by atoms with Gasteiger partial charge in [0.2, 0.25) is 5.91 Å². The van der Waals surface area contributed by atoms with Gasteiger partial charge in [-0.15, -0.1) is 0 Å². The van der Waals surface area contributed by atoms with E-state index in [2.05, 4.69) is 10.4 Å². The molecule has 1 amide bonds. The molecule has 1 N–H and O–H groups in total. The minimum absolute atomic E-state index is 0.0124. The zero-order chi connectivity index (χ0) is 14.8. The maximum absolute atomic E-state index is 11.7. The van der Waals surface area contributed by atoms with E-state index in [0.29, 0.717) is 0 Å². The van der Waals surface area contributed by atoms with Crippen LogP contribution in [-0.4, -0.2) is 36.1 Å². The number of rotatable bonds is 5. The fourth-order valence-corrected chi connectivity index (χ4v) is 2.64. The Hall–Kier alpha value is -1.37. The number of aryl methyl sites for hydroxylation is 2. The van der Waals surface area contributed by atoms with Crippen LogP contribution in [0, 0.1) is 13.8 Å². The van der Waals surface area contributed by atoms with Gasteiger partial charge in [-0.2, -0.15) is 5.10 Å². The van der Waals surface area contributed by atoms with E-state index >= 15 is 0 Å². The van der Waals surface area contributed by atoms with Gasteiger partial charge < -0.3 is 5.32 Å². The maximum Gasteiger partial charge on any atom is 0.221 e. The third-order valence-electron chi connectivity index (χ3n) is 3.08. The molecule has 0 aliphatic heterocycles. The van der Waals surface area contributed by atoms with Gasteiger partial charge in [0.15, 0.2) is 0 Å². The third-order valence-corrected chi connectivity index (χ3v) is 4.02. The summed E-state index contributed by atoms with van der Waals surface area (Å²) < 4.78 is 23.8. The molecule has 1 rings (SSSR count). The second-order valence-electron chi connectivity index (χ2n) is 4.88. The number of carbonyl (C=O) groups is 1. The molecule has 1 heterocycles. The number of hydrogen-bond acceptors (Lipinski definition) is 4. The van der Waals surface area contributed by atoms with Crippen LogP contribution in [0.1, 0.15) is 36.3 Å². The molecule has 0 bridgehead atoms. The first-order chi connectivity index (χ1) is 8.61. The van der Waals surface area contributed by atoms with Crippen LogP contribution in [0.25, 0.3) is 0 Å². The van der Waals surface area contributed by atoms with Gasteiger partial charge in [-0.05, 0) is 20.8 Å². The zero-order valence-corrected chi connectivity index (χ0v) is 12.8. The highest BCUT2D eigenvalue weighted by Crippen LogP contribution is 2.20. The van der Waals surface area contributed by atoms with Crippen molar-refractivity contribution in [2.45, 2.75) is 33.2 Å². The molecule has 0 fully saturated rings. The summed E-state index contributed by atoms with van der Waals surface area (Å²) in [5.74, 6) is -0.392. The van der Waals surface area contributed by atoms with Crippen molar-refractivity contribution in [1.82, 2.24) is 15.1 Å². The lowest BCUT2D eigenvalue weighted by Gasteiger charge is -2.14. The molecule has 108 valence electrons. The van der Waals surface area contributed by atoms with Gasteiger partial charge in [0, 0.05) is 31.0 Å². The number of nitrogens with zero attached hydrogens (tertiary/aromatic N) is 2. The number of aromatic nitrogens is 2. The quantitative estimate of drug-likeness (QED) is 0.862. The largest absolute Gasteiger partial charge is 0.349 e. The van der Waals surface area contributed by atoms with Crippen molar-refractivity contribution in [1.29, 1.82) is 0 Å². The molecule has 0 saturated heterocycles. The van der Waals surface area contributed by atoms with E-state index < -0.39 is 9.84 Å². The normalized spacial score (nSPS) is 13.3. The van der Waals surface area contributed by atoms with Crippen LogP contribution in [0.2, 0.25) is 0 Å². The Morgan fingerprint density at radius 1 is 1.42 bits per heavy atom. The van der Waals surface area contributed by atoms with Gasteiger partial charge in [-0.3, -0.25) is 9.48 Å². The number of nitrogens with one attached hydrogen (secondary N) is 1. The summed E-state index contributed by atoms with van der Waals surface area (Å²) in [4.78, 5) is 11.7. The Morgan fingerprint density at radius 3 is 2.42 bits per heavy atom. The average Bonchev–Trinajstić information content (AvgIpc) is 2.49. The average molecular weight is 287 g/mol. The molecule has 1 aromatic rings. The van der Waals surface area contributed by atoms with Gasteiger partial charge in [0.05, 0.1) is 17.5 Å². The summed E-state index contributed by atoms with van der Waals surface area (Å²) in [7, 11) is -1.26. The smallest absolute Gasteiger partial charge is 0.221 e. The molecular formula is C12H21N3O3S. The highest BCUT2D eigenvalue weighted by atomic mass is 32.2. The van der Waals surface area contributed by atoms with E-state index in [1.54, 1.807) is 4.68 Å². The minimum atomic E-state index is -3.11. The van der Waals surface area contributed by atoms with Gasteiger partial charge in [-0.25, -0.2) is 8.42 Å². The van der Waals surface area contributed by atoms with Crippen molar-refractivity contribution in [2.75, 3.05) is 12.0 Å². The van der Waals surface area contributed by atoms with E-state index in [1.807, 2.05) is 27.8 Å². The van der Waals surface area contributed by atoms with Crippen LogP contribution in [0.3, 0.4) is 0 Å². The molecule has 0 aliphatic carbocycles. The highest BCUT2D eigenvalue weighted by Gasteiger charge is 2.18. The van der Waals surface area contributed by atoms with Crippen molar-refractivity contribution in [3.63, 3.8) is 0 Å². The van der Waals surface area contributed by atoms with E-state index in [0.717, 1.165) is 23.2 Å². The van der Waals surface area contributed by atoms with Crippen molar-refractivity contribution >= 4 is 15.7 Å². The summed E-state index contributed by atoms with van der Waals surface area (Å²) >= 11 is 0. The fourth-order valence-electron chi connectivity index (χ4n) is 2.08. The minimum Gasteiger partial charge on any atom is -0.349 e. The van der Waals surface area contributed by atoms with Gasteiger partial charge in [0.25, 0.3) is 0 Å². The molecule has 0 radical (unpaired) electrons. The molecule has 0 aromatic carbocycles. The van der Waals surface area contributed by atoms with Crippen LogP contribution in [-0.2, 0) is 21.7 Å². The first kappa shape index (κ1) is 15.7. The number of sulfone groups is 1. The number of carbonyl (C=O) groups excluding carboxylic acids is 1. The number of amides is 1. The molecular weight excluding hydrogens is 266 g/mol. The molecule has 0 saturated carbocycles. The monoisotopic (exact) mass is 287 g/mol. The molecule has 1 atom stereocenters. The first-order valence-electron chi connectivity index (χ1n) is 6.09. The topological polar surface area (TPSA) is 81.1 Å². The van der Waals surface area contributed by atoms with E-state index in [1.165, 1.54) is 0 Å². The standard InChI is InChI=1S/C12H21N3O3S/c1-8(12-9(2)14-15(4)10(12)3)13-11(16)6-7-19(5,17)18/h8H,6-7H2,1-5H3,(H,13,16). The molecule has 0 spiro atoms. The molecule has 6 nitrogen and oxygen atoms in total. The van der Waals surface area contributed by atoms with Crippen molar-refractivity contribution in [3.05, 3.63) is 17.0 Å². The Labute approximate surface area is 114 Å². The predicted octanol–water partition coefficient (Wildman–Crippen LogP) is 0.649. The van der Waals surface area contributed by atoms with Crippen molar-refractivity contribution in [2.24, 2.45) is 7.05 Å². The molecule has 1 aromatic heterocycles. The van der Waals surface area contributed by atoms with Gasteiger partial charge in [0.1, 0.15) is 9.84 Å².